The molecule has 1 fully saturated rings. The zero-order valence-electron chi connectivity index (χ0n) is 18.1. The maximum absolute atomic E-state index is 11.0. The molecule has 4 heteroatoms. The van der Waals surface area contributed by atoms with Crippen molar-refractivity contribution in [3.8, 4) is 0 Å². The number of carbonyl (C=O) groups is 1. The summed E-state index contributed by atoms with van der Waals surface area (Å²) in [5.41, 5.74) is 1.24. The first kappa shape index (κ1) is 22.8. The zero-order valence-corrected chi connectivity index (χ0v) is 18.1. The Morgan fingerprint density at radius 1 is 0.964 bits per heavy atom. The minimum atomic E-state index is -0.875. The van der Waals surface area contributed by atoms with Crippen molar-refractivity contribution in [2.45, 2.75) is 103 Å². The highest BCUT2D eigenvalue weighted by atomic mass is 16.4. The van der Waals surface area contributed by atoms with Crippen LogP contribution >= 0.6 is 0 Å². The predicted octanol–water partition coefficient (Wildman–Crippen LogP) is 7.01. The number of nitrogens with one attached hydrogen (secondary N) is 1. The Morgan fingerprint density at radius 2 is 1.50 bits per heavy atom. The van der Waals surface area contributed by atoms with Gasteiger partial charge in [0, 0.05) is 19.8 Å². The minimum absolute atomic E-state index is 0.330. The van der Waals surface area contributed by atoms with Crippen LogP contribution in [0, 0.1) is 5.92 Å². The van der Waals surface area contributed by atoms with Crippen LogP contribution in [-0.4, -0.2) is 22.2 Å². The number of aromatic carboxylic acids is 1. The summed E-state index contributed by atoms with van der Waals surface area (Å²) in [4.78, 5) is 11.0. The molecule has 0 spiro atoms. The van der Waals surface area contributed by atoms with Crippen LogP contribution in [0.2, 0.25) is 0 Å². The third kappa shape index (κ3) is 9.16. The first-order valence-corrected chi connectivity index (χ1v) is 11.8. The second kappa shape index (κ2) is 13.7. The van der Waals surface area contributed by atoms with Crippen LogP contribution in [0.5, 0.6) is 0 Å². The molecule has 4 nitrogen and oxygen atoms in total. The molecule has 0 radical (unpaired) electrons. The molecule has 1 heterocycles. The molecule has 1 saturated carbocycles. The second-order valence-corrected chi connectivity index (χ2v) is 8.79. The lowest BCUT2D eigenvalue weighted by Crippen LogP contribution is -2.02. The number of anilines is 1. The van der Waals surface area contributed by atoms with Gasteiger partial charge in [-0.3, -0.25) is 0 Å². The summed E-state index contributed by atoms with van der Waals surface area (Å²) in [7, 11) is 1.77. The number of nitrogens with zero attached hydrogens (tertiary/aromatic N) is 1. The third-order valence-electron chi connectivity index (χ3n) is 6.32. The Morgan fingerprint density at radius 3 is 2.04 bits per heavy atom. The van der Waals surface area contributed by atoms with Crippen LogP contribution in [0.1, 0.15) is 113 Å². The van der Waals surface area contributed by atoms with E-state index >= 15 is 0 Å². The number of carboxylic acid groups (broad SMARTS) is 1. The lowest BCUT2D eigenvalue weighted by molar-refractivity contribution is 0.0686. The molecule has 2 rings (SSSR count). The Bertz CT molecular complexity index is 547. The van der Waals surface area contributed by atoms with E-state index in [4.69, 9.17) is 5.11 Å². The van der Waals surface area contributed by atoms with Gasteiger partial charge in [-0.25, -0.2) is 4.79 Å². The summed E-state index contributed by atoms with van der Waals surface area (Å²) in [6.07, 6.45) is 24.4. The number of carboxylic acids is 1. The van der Waals surface area contributed by atoms with Crippen molar-refractivity contribution in [3.63, 3.8) is 0 Å². The Labute approximate surface area is 172 Å². The molecule has 0 bridgehead atoms. The van der Waals surface area contributed by atoms with Crippen molar-refractivity contribution < 1.29 is 9.90 Å². The van der Waals surface area contributed by atoms with Gasteiger partial charge in [0.2, 0.25) is 0 Å². The smallest absolute Gasteiger partial charge is 0.352 e. The fourth-order valence-corrected chi connectivity index (χ4v) is 4.55. The molecule has 0 aromatic carbocycles. The van der Waals surface area contributed by atoms with E-state index in [1.54, 1.807) is 17.7 Å². The number of hydrogen-bond donors (Lipinski definition) is 2. The van der Waals surface area contributed by atoms with Crippen molar-refractivity contribution in [1.82, 2.24) is 4.57 Å². The van der Waals surface area contributed by atoms with Crippen molar-refractivity contribution in [2.24, 2.45) is 13.0 Å². The highest BCUT2D eigenvalue weighted by Crippen LogP contribution is 2.29. The molecule has 160 valence electrons. The van der Waals surface area contributed by atoms with Gasteiger partial charge < -0.3 is 15.0 Å². The molecule has 1 aromatic rings. The molecular weight excluding hydrogens is 348 g/mol. The molecule has 0 amide bonds. The van der Waals surface area contributed by atoms with Crippen molar-refractivity contribution >= 4 is 11.7 Å². The third-order valence-corrected chi connectivity index (χ3v) is 6.32. The average Bonchev–Trinajstić information content (AvgIpc) is 3.31. The Hall–Kier alpha value is -1.45. The van der Waals surface area contributed by atoms with Crippen molar-refractivity contribution in [3.05, 3.63) is 18.0 Å². The zero-order chi connectivity index (χ0) is 20.0. The van der Waals surface area contributed by atoms with E-state index in [-0.39, 0.29) is 0 Å². The average molecular weight is 391 g/mol. The fourth-order valence-electron chi connectivity index (χ4n) is 4.55. The minimum Gasteiger partial charge on any atom is -0.477 e. The van der Waals surface area contributed by atoms with Gasteiger partial charge in [-0.05, 0) is 18.4 Å². The Balaban J connectivity index is 1.31. The monoisotopic (exact) mass is 390 g/mol. The second-order valence-electron chi connectivity index (χ2n) is 8.79. The van der Waals surface area contributed by atoms with Crippen LogP contribution in [0.25, 0.3) is 0 Å². The van der Waals surface area contributed by atoms with E-state index in [1.807, 2.05) is 6.20 Å². The fraction of sp³-hybridized carbons (Fsp3) is 0.792. The van der Waals surface area contributed by atoms with Crippen LogP contribution < -0.4 is 5.32 Å². The maximum atomic E-state index is 11.0. The van der Waals surface area contributed by atoms with Gasteiger partial charge in [0.15, 0.2) is 0 Å². The molecule has 1 aromatic heterocycles. The van der Waals surface area contributed by atoms with Gasteiger partial charge in [-0.15, -0.1) is 0 Å². The molecule has 0 aliphatic heterocycles. The highest BCUT2D eigenvalue weighted by Gasteiger charge is 2.13. The molecule has 28 heavy (non-hydrogen) atoms. The van der Waals surface area contributed by atoms with Gasteiger partial charge in [-0.1, -0.05) is 96.3 Å². The summed E-state index contributed by atoms with van der Waals surface area (Å²) in [5.74, 6) is 0.199. The standard InChI is InChI=1S/C24H42N2O2/c1-26-20-22(19-23(26)24(27)28)25-18-14-10-8-6-4-2-3-5-7-9-11-15-21-16-12-13-17-21/h19-21,25H,2-18H2,1H3,(H,27,28). The lowest BCUT2D eigenvalue weighted by atomic mass is 9.99. The van der Waals surface area contributed by atoms with Gasteiger partial charge in [0.05, 0.1) is 5.69 Å². The van der Waals surface area contributed by atoms with Gasteiger partial charge in [0.1, 0.15) is 5.69 Å². The molecule has 1 aliphatic carbocycles. The SMILES string of the molecule is Cn1cc(NCCCCCCCCCCCCCC2CCCC2)cc1C(=O)O. The summed E-state index contributed by atoms with van der Waals surface area (Å²) < 4.78 is 1.65. The maximum Gasteiger partial charge on any atom is 0.352 e. The normalized spacial score (nSPS) is 14.6. The van der Waals surface area contributed by atoms with E-state index < -0.39 is 5.97 Å². The number of hydrogen-bond acceptors (Lipinski definition) is 2. The number of unbranched alkanes of at least 4 members (excludes halogenated alkanes) is 10. The molecule has 2 N–H and O–H groups in total. The van der Waals surface area contributed by atoms with Crippen molar-refractivity contribution in [2.75, 3.05) is 11.9 Å². The topological polar surface area (TPSA) is 54.3 Å². The van der Waals surface area contributed by atoms with Crippen LogP contribution in [0.4, 0.5) is 5.69 Å². The van der Waals surface area contributed by atoms with E-state index in [0.717, 1.165) is 24.6 Å². The van der Waals surface area contributed by atoms with E-state index in [1.165, 1.54) is 96.3 Å². The highest BCUT2D eigenvalue weighted by molar-refractivity contribution is 5.87. The summed E-state index contributed by atoms with van der Waals surface area (Å²) >= 11 is 0. The first-order chi connectivity index (χ1) is 13.7. The van der Waals surface area contributed by atoms with Gasteiger partial charge in [-0.2, -0.15) is 0 Å². The summed E-state index contributed by atoms with van der Waals surface area (Å²) in [6, 6.07) is 1.71. The number of aromatic nitrogens is 1. The lowest BCUT2D eigenvalue weighted by Gasteiger charge is -2.08. The van der Waals surface area contributed by atoms with Crippen LogP contribution in [-0.2, 0) is 7.05 Å². The quantitative estimate of drug-likeness (QED) is 0.299. The number of rotatable bonds is 16. The molecule has 1 aliphatic rings. The van der Waals surface area contributed by atoms with Gasteiger partial charge in [0.25, 0.3) is 0 Å². The summed E-state index contributed by atoms with van der Waals surface area (Å²) in [6.45, 7) is 0.921. The molecule has 0 saturated heterocycles. The summed E-state index contributed by atoms with van der Waals surface area (Å²) in [5, 5.41) is 12.4. The molecular formula is C24H42N2O2. The predicted molar refractivity (Wildman–Crippen MR) is 118 cm³/mol. The van der Waals surface area contributed by atoms with Crippen LogP contribution in [0.3, 0.4) is 0 Å². The van der Waals surface area contributed by atoms with E-state index in [9.17, 15) is 4.79 Å². The van der Waals surface area contributed by atoms with Crippen LogP contribution in [0.15, 0.2) is 12.3 Å². The molecule has 0 unspecified atom stereocenters. The number of aryl methyl sites for hydroxylation is 1. The Kier molecular flexibility index (Phi) is 11.2. The van der Waals surface area contributed by atoms with Crippen molar-refractivity contribution in [1.29, 1.82) is 0 Å². The first-order valence-electron chi connectivity index (χ1n) is 11.8. The van der Waals surface area contributed by atoms with E-state index in [0.29, 0.717) is 5.69 Å². The van der Waals surface area contributed by atoms with E-state index in [2.05, 4.69) is 5.32 Å². The van der Waals surface area contributed by atoms with Gasteiger partial charge >= 0.3 is 5.97 Å². The molecule has 0 atom stereocenters. The largest absolute Gasteiger partial charge is 0.477 e.